The van der Waals surface area contributed by atoms with Gasteiger partial charge in [0.25, 0.3) is 0 Å². The highest BCUT2D eigenvalue weighted by atomic mass is 32.2. The third-order valence-corrected chi connectivity index (χ3v) is 3.50. The van der Waals surface area contributed by atoms with Crippen LogP contribution in [-0.4, -0.2) is 22.0 Å². The number of carboxylic acids is 1. The number of anilines is 1. The van der Waals surface area contributed by atoms with Gasteiger partial charge in [-0.15, -0.1) is 0 Å². The van der Waals surface area contributed by atoms with E-state index in [4.69, 9.17) is 5.11 Å². The van der Waals surface area contributed by atoms with E-state index in [0.717, 1.165) is 4.90 Å². The molecule has 2 aromatic rings. The molecule has 1 aromatic heterocycles. The lowest BCUT2D eigenvalue weighted by molar-refractivity contribution is -0.114. The Bertz CT molecular complexity index is 641. The predicted octanol–water partition coefficient (Wildman–Crippen LogP) is 2.89. The molecular weight excluding hydrogens is 276 g/mol. The topological polar surface area (TPSA) is 79.3 Å². The molecule has 0 atom stereocenters. The monoisotopic (exact) mass is 288 g/mol. The quantitative estimate of drug-likeness (QED) is 0.904. The smallest absolute Gasteiger partial charge is 0.338 e. The molecule has 0 saturated carbocycles. The first-order valence-electron chi connectivity index (χ1n) is 5.79. The van der Waals surface area contributed by atoms with Crippen molar-refractivity contribution < 1.29 is 14.7 Å². The molecule has 0 bridgehead atoms. The second-order valence-electron chi connectivity index (χ2n) is 3.98. The minimum Gasteiger partial charge on any atom is -0.478 e. The molecule has 1 amide bonds. The Labute approximate surface area is 120 Å². The summed E-state index contributed by atoms with van der Waals surface area (Å²) in [6.07, 6.45) is 2.89. The van der Waals surface area contributed by atoms with E-state index in [2.05, 4.69) is 10.3 Å². The van der Waals surface area contributed by atoms with Gasteiger partial charge in [-0.25, -0.2) is 4.79 Å². The second-order valence-corrected chi connectivity index (χ2v) is 5.10. The SMILES string of the molecule is CC(=O)Nc1ccc(Sc2ccncc2C(=O)O)cc1. The summed E-state index contributed by atoms with van der Waals surface area (Å²) in [7, 11) is 0. The fraction of sp³-hybridized carbons (Fsp3) is 0.0714. The van der Waals surface area contributed by atoms with Gasteiger partial charge in [0, 0.05) is 34.8 Å². The number of hydrogen-bond donors (Lipinski definition) is 2. The number of hydrogen-bond acceptors (Lipinski definition) is 4. The van der Waals surface area contributed by atoms with E-state index < -0.39 is 5.97 Å². The molecule has 1 aromatic carbocycles. The first-order valence-corrected chi connectivity index (χ1v) is 6.61. The molecule has 102 valence electrons. The van der Waals surface area contributed by atoms with Gasteiger partial charge in [-0.2, -0.15) is 0 Å². The lowest BCUT2D eigenvalue weighted by atomic mass is 10.3. The van der Waals surface area contributed by atoms with Gasteiger partial charge in [-0.05, 0) is 30.3 Å². The van der Waals surface area contributed by atoms with Gasteiger partial charge >= 0.3 is 5.97 Å². The van der Waals surface area contributed by atoms with Gasteiger partial charge in [-0.1, -0.05) is 11.8 Å². The van der Waals surface area contributed by atoms with Gasteiger partial charge in [-0.3, -0.25) is 9.78 Å². The molecule has 1 heterocycles. The molecule has 0 saturated heterocycles. The fourth-order valence-corrected chi connectivity index (χ4v) is 2.47. The van der Waals surface area contributed by atoms with Crippen LogP contribution < -0.4 is 5.32 Å². The van der Waals surface area contributed by atoms with E-state index in [1.807, 2.05) is 12.1 Å². The van der Waals surface area contributed by atoms with Crippen molar-refractivity contribution in [2.75, 3.05) is 5.32 Å². The number of benzene rings is 1. The van der Waals surface area contributed by atoms with E-state index in [0.29, 0.717) is 10.6 Å². The zero-order valence-corrected chi connectivity index (χ0v) is 11.5. The zero-order chi connectivity index (χ0) is 14.5. The highest BCUT2D eigenvalue weighted by Gasteiger charge is 2.10. The second kappa shape index (κ2) is 6.21. The summed E-state index contributed by atoms with van der Waals surface area (Å²) in [6, 6.07) is 8.84. The third kappa shape index (κ3) is 3.58. The standard InChI is InChI=1S/C14H12N2O3S/c1-9(17)16-10-2-4-11(5-3-10)20-13-6-7-15-8-12(13)14(18)19/h2-8H,1H3,(H,16,17)(H,18,19). The van der Waals surface area contributed by atoms with E-state index in [1.165, 1.54) is 24.9 Å². The Balaban J connectivity index is 2.18. The molecule has 6 heteroatoms. The number of aromatic carboxylic acids is 1. The molecule has 0 fully saturated rings. The van der Waals surface area contributed by atoms with Crippen LogP contribution in [0.1, 0.15) is 17.3 Å². The van der Waals surface area contributed by atoms with Crippen LogP contribution in [-0.2, 0) is 4.79 Å². The molecule has 0 aliphatic carbocycles. The summed E-state index contributed by atoms with van der Waals surface area (Å²) in [6.45, 7) is 1.44. The molecule has 5 nitrogen and oxygen atoms in total. The Morgan fingerprint density at radius 3 is 2.50 bits per heavy atom. The first-order chi connectivity index (χ1) is 9.56. The number of aromatic nitrogens is 1. The Morgan fingerprint density at radius 1 is 1.20 bits per heavy atom. The number of carbonyl (C=O) groups is 2. The van der Waals surface area contributed by atoms with Crippen LogP contribution in [0.5, 0.6) is 0 Å². The highest BCUT2D eigenvalue weighted by Crippen LogP contribution is 2.30. The van der Waals surface area contributed by atoms with Crippen LogP contribution in [0.2, 0.25) is 0 Å². The number of rotatable bonds is 4. The molecule has 2 rings (SSSR count). The van der Waals surface area contributed by atoms with E-state index in [9.17, 15) is 9.59 Å². The van der Waals surface area contributed by atoms with Crippen molar-refractivity contribution in [1.29, 1.82) is 0 Å². The van der Waals surface area contributed by atoms with E-state index in [-0.39, 0.29) is 11.5 Å². The van der Waals surface area contributed by atoms with Gasteiger partial charge in [0.15, 0.2) is 0 Å². The average molecular weight is 288 g/mol. The largest absolute Gasteiger partial charge is 0.478 e. The molecule has 0 spiro atoms. The van der Waals surface area contributed by atoms with Crippen molar-refractivity contribution >= 4 is 29.3 Å². The normalized spacial score (nSPS) is 10.1. The molecular formula is C14H12N2O3S. The van der Waals surface area contributed by atoms with Crippen LogP contribution in [0.15, 0.2) is 52.5 Å². The third-order valence-electron chi connectivity index (χ3n) is 2.41. The lowest BCUT2D eigenvalue weighted by Crippen LogP contribution is -2.05. The minimum absolute atomic E-state index is 0.132. The summed E-state index contributed by atoms with van der Waals surface area (Å²) in [5.74, 6) is -1.14. The maximum absolute atomic E-state index is 11.1. The van der Waals surface area contributed by atoms with Gasteiger partial charge in [0.1, 0.15) is 0 Å². The van der Waals surface area contributed by atoms with Crippen molar-refractivity contribution in [3.8, 4) is 0 Å². The first kappa shape index (κ1) is 14.1. The maximum Gasteiger partial charge on any atom is 0.338 e. The lowest BCUT2D eigenvalue weighted by Gasteiger charge is -2.06. The summed E-state index contributed by atoms with van der Waals surface area (Å²) in [4.78, 5) is 27.3. The van der Waals surface area contributed by atoms with E-state index in [1.54, 1.807) is 24.4 Å². The zero-order valence-electron chi connectivity index (χ0n) is 10.7. The van der Waals surface area contributed by atoms with Crippen LogP contribution in [0.4, 0.5) is 5.69 Å². The van der Waals surface area contributed by atoms with Gasteiger partial charge in [0.2, 0.25) is 5.91 Å². The van der Waals surface area contributed by atoms with Gasteiger partial charge < -0.3 is 10.4 Å². The summed E-state index contributed by atoms with van der Waals surface area (Å²) >= 11 is 1.34. The Morgan fingerprint density at radius 2 is 1.90 bits per heavy atom. The predicted molar refractivity (Wildman–Crippen MR) is 76.1 cm³/mol. The Kier molecular flexibility index (Phi) is 4.37. The number of carboxylic acid groups (broad SMARTS) is 1. The number of pyridine rings is 1. The molecule has 0 radical (unpaired) electrons. The molecule has 20 heavy (non-hydrogen) atoms. The van der Waals surface area contributed by atoms with Crippen molar-refractivity contribution in [3.63, 3.8) is 0 Å². The average Bonchev–Trinajstić information content (AvgIpc) is 2.41. The van der Waals surface area contributed by atoms with Crippen LogP contribution >= 0.6 is 11.8 Å². The number of nitrogens with one attached hydrogen (secondary N) is 1. The summed E-state index contributed by atoms with van der Waals surface area (Å²) in [5.41, 5.74) is 0.874. The maximum atomic E-state index is 11.1. The molecule has 2 N–H and O–H groups in total. The van der Waals surface area contributed by atoms with Gasteiger partial charge in [0.05, 0.1) is 5.56 Å². The fourth-order valence-electron chi connectivity index (χ4n) is 1.57. The van der Waals surface area contributed by atoms with E-state index >= 15 is 0 Å². The molecule has 0 unspecified atom stereocenters. The van der Waals surface area contributed by atoms with Crippen molar-refractivity contribution in [1.82, 2.24) is 4.98 Å². The molecule has 0 aliphatic rings. The number of nitrogens with zero attached hydrogens (tertiary/aromatic N) is 1. The van der Waals surface area contributed by atoms with Crippen LogP contribution in [0, 0.1) is 0 Å². The van der Waals surface area contributed by atoms with Crippen molar-refractivity contribution in [3.05, 3.63) is 48.3 Å². The van der Waals surface area contributed by atoms with Crippen molar-refractivity contribution in [2.24, 2.45) is 0 Å². The number of amides is 1. The highest BCUT2D eigenvalue weighted by molar-refractivity contribution is 7.99. The molecule has 0 aliphatic heterocycles. The minimum atomic E-state index is -1.00. The summed E-state index contributed by atoms with van der Waals surface area (Å²) < 4.78 is 0. The van der Waals surface area contributed by atoms with Crippen molar-refractivity contribution in [2.45, 2.75) is 16.7 Å². The number of carbonyl (C=O) groups excluding carboxylic acids is 1. The van der Waals surface area contributed by atoms with Crippen LogP contribution in [0.3, 0.4) is 0 Å². The summed E-state index contributed by atoms with van der Waals surface area (Å²) in [5, 5.41) is 11.8. The Hall–Kier alpha value is -2.34. The van der Waals surface area contributed by atoms with Crippen LogP contribution in [0.25, 0.3) is 0 Å².